The second kappa shape index (κ2) is 9.07. The Balaban J connectivity index is 1.80. The summed E-state index contributed by atoms with van der Waals surface area (Å²) in [5, 5.41) is 0.809. The predicted octanol–water partition coefficient (Wildman–Crippen LogP) is 3.31. The van der Waals surface area contributed by atoms with Gasteiger partial charge in [-0.1, -0.05) is 0 Å². The number of nitrogens with zero attached hydrogens (tertiary/aromatic N) is 3. The smallest absolute Gasteiger partial charge is 0.359 e. The average Bonchev–Trinajstić information content (AvgIpc) is 3.06. The predicted molar refractivity (Wildman–Crippen MR) is 110 cm³/mol. The number of nitrogens with two attached hydrogens (primary N) is 1. The SMILES string of the molecule is COc1ccc(-c2nc(CSn3ccc(N)nc3=O)c(C)s2)cc1OCCF. The van der Waals surface area contributed by atoms with Crippen LogP contribution in [0.2, 0.25) is 0 Å². The van der Waals surface area contributed by atoms with E-state index in [1.54, 1.807) is 24.4 Å². The fourth-order valence-corrected chi connectivity index (χ4v) is 4.25. The van der Waals surface area contributed by atoms with E-state index < -0.39 is 12.4 Å². The van der Waals surface area contributed by atoms with E-state index in [0.29, 0.717) is 17.3 Å². The van der Waals surface area contributed by atoms with Crippen molar-refractivity contribution in [3.63, 3.8) is 0 Å². The third-order valence-corrected chi connectivity index (χ3v) is 5.79. The molecule has 148 valence electrons. The largest absolute Gasteiger partial charge is 0.493 e. The number of rotatable bonds is 8. The summed E-state index contributed by atoms with van der Waals surface area (Å²) in [6.07, 6.45) is 1.59. The number of anilines is 1. The molecule has 0 saturated heterocycles. The highest BCUT2D eigenvalue weighted by atomic mass is 32.2. The molecule has 1 aromatic carbocycles. The summed E-state index contributed by atoms with van der Waals surface area (Å²) in [7, 11) is 1.54. The summed E-state index contributed by atoms with van der Waals surface area (Å²) in [5.74, 6) is 1.71. The number of ether oxygens (including phenoxy) is 2. The number of methoxy groups -OCH3 is 1. The fourth-order valence-electron chi connectivity index (χ4n) is 2.39. The van der Waals surface area contributed by atoms with Crippen LogP contribution in [0.15, 0.2) is 35.3 Å². The van der Waals surface area contributed by atoms with Gasteiger partial charge in [0.25, 0.3) is 0 Å². The minimum Gasteiger partial charge on any atom is -0.493 e. The first-order valence-electron chi connectivity index (χ1n) is 8.33. The Morgan fingerprint density at radius 3 is 2.82 bits per heavy atom. The Morgan fingerprint density at radius 2 is 2.11 bits per heavy atom. The molecule has 0 radical (unpaired) electrons. The molecule has 2 aromatic heterocycles. The highest BCUT2D eigenvalue weighted by molar-refractivity contribution is 7.97. The third-order valence-electron chi connectivity index (χ3n) is 3.77. The molecule has 28 heavy (non-hydrogen) atoms. The van der Waals surface area contributed by atoms with Crippen LogP contribution in [0, 0.1) is 6.92 Å². The number of aromatic nitrogens is 3. The quantitative estimate of drug-likeness (QED) is 0.595. The lowest BCUT2D eigenvalue weighted by atomic mass is 10.2. The van der Waals surface area contributed by atoms with Gasteiger partial charge < -0.3 is 15.2 Å². The molecule has 3 aromatic rings. The number of hydrogen-bond donors (Lipinski definition) is 1. The van der Waals surface area contributed by atoms with Crippen molar-refractivity contribution in [1.82, 2.24) is 13.9 Å². The number of halogens is 1. The molecule has 0 atom stereocenters. The number of thiazole rings is 1. The van der Waals surface area contributed by atoms with Crippen molar-refractivity contribution >= 4 is 29.1 Å². The molecule has 0 aliphatic carbocycles. The summed E-state index contributed by atoms with van der Waals surface area (Å²) in [6.45, 7) is 1.36. The highest BCUT2D eigenvalue weighted by Crippen LogP contribution is 2.35. The molecular weight excluding hydrogens is 403 g/mol. The van der Waals surface area contributed by atoms with Crippen LogP contribution in [0.3, 0.4) is 0 Å². The molecule has 0 bridgehead atoms. The molecule has 2 heterocycles. The van der Waals surface area contributed by atoms with E-state index in [4.69, 9.17) is 15.2 Å². The van der Waals surface area contributed by atoms with Gasteiger partial charge in [0.2, 0.25) is 0 Å². The van der Waals surface area contributed by atoms with Gasteiger partial charge in [0.15, 0.2) is 11.5 Å². The maximum absolute atomic E-state index is 12.5. The Labute approximate surface area is 169 Å². The van der Waals surface area contributed by atoms with Crippen molar-refractivity contribution in [3.8, 4) is 22.1 Å². The lowest BCUT2D eigenvalue weighted by molar-refractivity contribution is 0.260. The molecule has 0 unspecified atom stereocenters. The van der Waals surface area contributed by atoms with Crippen LogP contribution in [0.5, 0.6) is 11.5 Å². The highest BCUT2D eigenvalue weighted by Gasteiger charge is 2.13. The van der Waals surface area contributed by atoms with Crippen LogP contribution in [-0.2, 0) is 5.75 Å². The Morgan fingerprint density at radius 1 is 1.29 bits per heavy atom. The minimum atomic E-state index is -0.579. The molecular formula is C18H19FN4O3S2. The zero-order valence-corrected chi connectivity index (χ0v) is 17.0. The maximum atomic E-state index is 12.5. The summed E-state index contributed by atoms with van der Waals surface area (Å²) in [6, 6.07) is 7.01. The topological polar surface area (TPSA) is 92.3 Å². The molecule has 0 amide bonds. The fraction of sp³-hybridized carbons (Fsp3) is 0.278. The van der Waals surface area contributed by atoms with Crippen LogP contribution in [-0.4, -0.2) is 34.3 Å². The summed E-state index contributed by atoms with van der Waals surface area (Å²) < 4.78 is 24.6. The van der Waals surface area contributed by atoms with Crippen molar-refractivity contribution in [1.29, 1.82) is 0 Å². The normalized spacial score (nSPS) is 10.8. The van der Waals surface area contributed by atoms with Crippen LogP contribution >= 0.6 is 23.3 Å². The number of nitrogen functional groups attached to an aromatic ring is 1. The van der Waals surface area contributed by atoms with Crippen molar-refractivity contribution in [3.05, 3.63) is 51.5 Å². The van der Waals surface area contributed by atoms with Gasteiger partial charge in [0.1, 0.15) is 24.1 Å². The van der Waals surface area contributed by atoms with E-state index >= 15 is 0 Å². The van der Waals surface area contributed by atoms with Crippen LogP contribution in [0.4, 0.5) is 10.2 Å². The van der Waals surface area contributed by atoms with Crippen LogP contribution < -0.4 is 20.9 Å². The van der Waals surface area contributed by atoms with E-state index in [2.05, 4.69) is 9.97 Å². The van der Waals surface area contributed by atoms with E-state index in [-0.39, 0.29) is 12.4 Å². The van der Waals surface area contributed by atoms with Gasteiger partial charge in [-0.05, 0) is 43.1 Å². The third kappa shape index (κ3) is 4.63. The van der Waals surface area contributed by atoms with Gasteiger partial charge >= 0.3 is 5.69 Å². The Kier molecular flexibility index (Phi) is 6.53. The second-order valence-electron chi connectivity index (χ2n) is 5.66. The first-order chi connectivity index (χ1) is 13.5. The van der Waals surface area contributed by atoms with Crippen molar-refractivity contribution in [2.45, 2.75) is 12.7 Å². The summed E-state index contributed by atoms with van der Waals surface area (Å²) >= 11 is 2.83. The van der Waals surface area contributed by atoms with E-state index in [0.717, 1.165) is 21.1 Å². The van der Waals surface area contributed by atoms with Gasteiger partial charge in [-0.3, -0.25) is 0 Å². The summed E-state index contributed by atoms with van der Waals surface area (Å²) in [4.78, 5) is 21.3. The first kappa shape index (κ1) is 20.2. The Bertz CT molecular complexity index is 1020. The van der Waals surface area contributed by atoms with Crippen molar-refractivity contribution in [2.75, 3.05) is 26.1 Å². The van der Waals surface area contributed by atoms with Gasteiger partial charge in [0, 0.05) is 16.6 Å². The molecule has 0 fully saturated rings. The zero-order valence-electron chi connectivity index (χ0n) is 15.3. The van der Waals surface area contributed by atoms with Crippen LogP contribution in [0.1, 0.15) is 10.6 Å². The standard InChI is InChI=1S/C18H19FN4O3S2/c1-11-13(10-27-23-7-5-16(20)22-18(23)24)21-17(28-11)12-3-4-14(25-2)15(9-12)26-8-6-19/h3-5,7,9H,6,8,10H2,1-2H3,(H2,20,22,24). The minimum absolute atomic E-state index is 0.0387. The van der Waals surface area contributed by atoms with E-state index in [1.165, 1.54) is 34.4 Å². The van der Waals surface area contributed by atoms with Gasteiger partial charge in [-0.2, -0.15) is 4.98 Å². The van der Waals surface area contributed by atoms with Crippen molar-refractivity contribution in [2.24, 2.45) is 0 Å². The monoisotopic (exact) mass is 422 g/mol. The molecule has 0 saturated carbocycles. The van der Waals surface area contributed by atoms with Gasteiger partial charge in [0.05, 0.1) is 18.6 Å². The van der Waals surface area contributed by atoms with Gasteiger partial charge in [-0.15, -0.1) is 11.3 Å². The maximum Gasteiger partial charge on any atom is 0.359 e. The molecule has 3 rings (SSSR count). The molecule has 0 aliphatic rings. The molecule has 7 nitrogen and oxygen atoms in total. The average molecular weight is 423 g/mol. The van der Waals surface area contributed by atoms with E-state index in [1.807, 2.05) is 13.0 Å². The molecule has 10 heteroatoms. The molecule has 0 spiro atoms. The number of alkyl halides is 1. The zero-order chi connectivity index (χ0) is 20.1. The second-order valence-corrected chi connectivity index (χ2v) is 7.80. The number of benzene rings is 1. The van der Waals surface area contributed by atoms with Gasteiger partial charge in [-0.25, -0.2) is 18.1 Å². The summed E-state index contributed by atoms with van der Waals surface area (Å²) in [5.41, 5.74) is 6.81. The lowest BCUT2D eigenvalue weighted by Gasteiger charge is -2.10. The Hall–Kier alpha value is -2.59. The van der Waals surface area contributed by atoms with E-state index in [9.17, 15) is 9.18 Å². The number of hydrogen-bond acceptors (Lipinski definition) is 8. The van der Waals surface area contributed by atoms with Crippen LogP contribution in [0.25, 0.3) is 10.6 Å². The molecule has 0 aliphatic heterocycles. The van der Waals surface area contributed by atoms with Crippen molar-refractivity contribution < 1.29 is 13.9 Å². The first-order valence-corrected chi connectivity index (χ1v) is 10.1. The lowest BCUT2D eigenvalue weighted by Crippen LogP contribution is -2.19. The molecule has 2 N–H and O–H groups in total. The number of aryl methyl sites for hydroxylation is 1.